The summed E-state index contributed by atoms with van der Waals surface area (Å²) in [5.74, 6) is 0.360. The van der Waals surface area contributed by atoms with Crippen LogP contribution in [-0.2, 0) is 11.3 Å². The summed E-state index contributed by atoms with van der Waals surface area (Å²) in [4.78, 5) is 5.02. The maximum Gasteiger partial charge on any atom is 0.115 e. The zero-order valence-electron chi connectivity index (χ0n) is 11.3. The second kappa shape index (κ2) is 5.90. The first-order valence-corrected chi connectivity index (χ1v) is 7.13. The summed E-state index contributed by atoms with van der Waals surface area (Å²) >= 11 is 0. The average Bonchev–Trinajstić information content (AvgIpc) is 2.94. The molecule has 0 aromatic heterocycles. The number of phenols is 1. The van der Waals surface area contributed by atoms with Crippen molar-refractivity contribution in [3.63, 3.8) is 0 Å². The minimum absolute atomic E-state index is 0.360. The van der Waals surface area contributed by atoms with E-state index in [1.165, 1.54) is 12.0 Å². The predicted octanol–water partition coefficient (Wildman–Crippen LogP) is 1.30. The van der Waals surface area contributed by atoms with Crippen LogP contribution in [0.1, 0.15) is 12.0 Å². The van der Waals surface area contributed by atoms with Crippen LogP contribution in [-0.4, -0.2) is 60.3 Å². The summed E-state index contributed by atoms with van der Waals surface area (Å²) in [5, 5.41) is 9.49. The number of phenolic OH excluding ortho intramolecular Hbond substituents is 1. The maximum absolute atomic E-state index is 9.49. The van der Waals surface area contributed by atoms with Crippen molar-refractivity contribution in [2.75, 3.05) is 39.4 Å². The zero-order chi connectivity index (χ0) is 13.1. The lowest BCUT2D eigenvalue weighted by Gasteiger charge is -2.37. The van der Waals surface area contributed by atoms with Gasteiger partial charge >= 0.3 is 0 Å². The minimum atomic E-state index is 0.360. The third-order valence-corrected chi connectivity index (χ3v) is 4.15. The Hall–Kier alpha value is -1.10. The number of aromatic hydroxyl groups is 1. The summed E-state index contributed by atoms with van der Waals surface area (Å²) in [5.41, 5.74) is 1.19. The molecule has 2 fully saturated rings. The molecule has 0 unspecified atom stereocenters. The summed E-state index contributed by atoms with van der Waals surface area (Å²) in [6, 6.07) is 8.22. The van der Waals surface area contributed by atoms with Gasteiger partial charge in [-0.1, -0.05) is 12.1 Å². The Kier molecular flexibility index (Phi) is 4.01. The molecule has 4 nitrogen and oxygen atoms in total. The van der Waals surface area contributed by atoms with E-state index in [1.54, 1.807) is 6.07 Å². The summed E-state index contributed by atoms with van der Waals surface area (Å²) in [6.45, 7) is 7.24. The molecule has 0 saturated carbocycles. The second-order valence-corrected chi connectivity index (χ2v) is 5.50. The Morgan fingerprint density at radius 3 is 2.74 bits per heavy atom. The molecule has 1 aromatic carbocycles. The molecule has 1 aromatic rings. The van der Waals surface area contributed by atoms with Crippen molar-refractivity contribution in [3.8, 4) is 5.75 Å². The molecule has 2 heterocycles. The molecule has 104 valence electrons. The van der Waals surface area contributed by atoms with E-state index in [0.717, 1.165) is 45.9 Å². The lowest BCUT2D eigenvalue weighted by molar-refractivity contribution is 0.0814. The van der Waals surface area contributed by atoms with Crippen LogP contribution >= 0.6 is 0 Å². The SMILES string of the molecule is Oc1cccc(CN2CCN([C@@H]3CCOC3)CC2)c1. The van der Waals surface area contributed by atoms with Gasteiger partial charge in [0.1, 0.15) is 5.75 Å². The summed E-state index contributed by atoms with van der Waals surface area (Å²) in [7, 11) is 0. The normalized spacial score (nSPS) is 25.8. The first-order valence-electron chi connectivity index (χ1n) is 7.13. The van der Waals surface area contributed by atoms with Gasteiger partial charge in [-0.2, -0.15) is 0 Å². The van der Waals surface area contributed by atoms with Gasteiger partial charge in [0.2, 0.25) is 0 Å². The minimum Gasteiger partial charge on any atom is -0.508 e. The summed E-state index contributed by atoms with van der Waals surface area (Å²) < 4.78 is 5.46. The third-order valence-electron chi connectivity index (χ3n) is 4.15. The van der Waals surface area contributed by atoms with Crippen molar-refractivity contribution in [1.82, 2.24) is 9.80 Å². The molecule has 4 heteroatoms. The van der Waals surface area contributed by atoms with Crippen molar-refractivity contribution < 1.29 is 9.84 Å². The van der Waals surface area contributed by atoms with E-state index in [-0.39, 0.29) is 0 Å². The molecule has 0 radical (unpaired) electrons. The van der Waals surface area contributed by atoms with Crippen LogP contribution in [0.5, 0.6) is 5.75 Å². The standard InChI is InChI=1S/C15H22N2O2/c18-15-3-1-2-13(10-15)11-16-5-7-17(8-6-16)14-4-9-19-12-14/h1-3,10,14,18H,4-9,11-12H2/t14-/m1/s1. The van der Waals surface area contributed by atoms with Crippen LogP contribution in [0, 0.1) is 0 Å². The van der Waals surface area contributed by atoms with Gasteiger partial charge in [-0.15, -0.1) is 0 Å². The number of nitrogens with zero attached hydrogens (tertiary/aromatic N) is 2. The molecule has 2 saturated heterocycles. The third kappa shape index (κ3) is 3.26. The smallest absolute Gasteiger partial charge is 0.115 e. The topological polar surface area (TPSA) is 35.9 Å². The molecular formula is C15H22N2O2. The molecule has 0 aliphatic carbocycles. The fourth-order valence-corrected chi connectivity index (χ4v) is 3.01. The molecule has 0 spiro atoms. The van der Waals surface area contributed by atoms with Crippen LogP contribution in [0.3, 0.4) is 0 Å². The number of piperazine rings is 1. The first kappa shape index (κ1) is 12.9. The van der Waals surface area contributed by atoms with Crippen LogP contribution < -0.4 is 0 Å². The highest BCUT2D eigenvalue weighted by atomic mass is 16.5. The van der Waals surface area contributed by atoms with Crippen molar-refractivity contribution >= 4 is 0 Å². The Labute approximate surface area is 114 Å². The number of hydrogen-bond acceptors (Lipinski definition) is 4. The maximum atomic E-state index is 9.49. The van der Waals surface area contributed by atoms with E-state index in [2.05, 4.69) is 15.9 Å². The van der Waals surface area contributed by atoms with Crippen molar-refractivity contribution in [2.45, 2.75) is 19.0 Å². The monoisotopic (exact) mass is 262 g/mol. The largest absolute Gasteiger partial charge is 0.508 e. The first-order chi connectivity index (χ1) is 9.31. The van der Waals surface area contributed by atoms with Gasteiger partial charge in [-0.25, -0.2) is 0 Å². The van der Waals surface area contributed by atoms with Crippen LogP contribution in [0.25, 0.3) is 0 Å². The molecule has 1 N–H and O–H groups in total. The fraction of sp³-hybridized carbons (Fsp3) is 0.600. The van der Waals surface area contributed by atoms with Crippen molar-refractivity contribution in [2.24, 2.45) is 0 Å². The Balaban J connectivity index is 1.50. The van der Waals surface area contributed by atoms with Gasteiger partial charge in [-0.3, -0.25) is 9.80 Å². The molecule has 2 aliphatic heterocycles. The Morgan fingerprint density at radius 1 is 1.21 bits per heavy atom. The van der Waals surface area contributed by atoms with Gasteiger partial charge in [0.15, 0.2) is 0 Å². The lowest BCUT2D eigenvalue weighted by atomic mass is 10.1. The molecular weight excluding hydrogens is 240 g/mol. The van der Waals surface area contributed by atoms with Gasteiger partial charge < -0.3 is 9.84 Å². The van der Waals surface area contributed by atoms with E-state index < -0.39 is 0 Å². The molecule has 3 rings (SSSR count). The van der Waals surface area contributed by atoms with E-state index in [1.807, 2.05) is 12.1 Å². The second-order valence-electron chi connectivity index (χ2n) is 5.50. The van der Waals surface area contributed by atoms with Gasteiger partial charge in [-0.05, 0) is 24.1 Å². The lowest BCUT2D eigenvalue weighted by Crippen LogP contribution is -2.50. The average molecular weight is 262 g/mol. The molecule has 1 atom stereocenters. The molecule has 0 amide bonds. The Bertz CT molecular complexity index is 410. The number of ether oxygens (including phenoxy) is 1. The quantitative estimate of drug-likeness (QED) is 0.890. The molecule has 0 bridgehead atoms. The van der Waals surface area contributed by atoms with Gasteiger partial charge in [0, 0.05) is 45.4 Å². The van der Waals surface area contributed by atoms with Crippen molar-refractivity contribution in [1.29, 1.82) is 0 Å². The van der Waals surface area contributed by atoms with Crippen LogP contribution in [0.2, 0.25) is 0 Å². The highest BCUT2D eigenvalue weighted by molar-refractivity contribution is 5.27. The number of rotatable bonds is 3. The van der Waals surface area contributed by atoms with Gasteiger partial charge in [0.25, 0.3) is 0 Å². The predicted molar refractivity (Wildman–Crippen MR) is 74.2 cm³/mol. The molecule has 2 aliphatic rings. The number of benzene rings is 1. The fourth-order valence-electron chi connectivity index (χ4n) is 3.01. The van der Waals surface area contributed by atoms with Crippen LogP contribution in [0.4, 0.5) is 0 Å². The van der Waals surface area contributed by atoms with E-state index in [4.69, 9.17) is 4.74 Å². The summed E-state index contributed by atoms with van der Waals surface area (Å²) in [6.07, 6.45) is 1.19. The van der Waals surface area contributed by atoms with E-state index in [0.29, 0.717) is 11.8 Å². The van der Waals surface area contributed by atoms with Crippen molar-refractivity contribution in [3.05, 3.63) is 29.8 Å². The highest BCUT2D eigenvalue weighted by Crippen LogP contribution is 2.17. The Morgan fingerprint density at radius 2 is 2.05 bits per heavy atom. The molecule has 19 heavy (non-hydrogen) atoms. The highest BCUT2D eigenvalue weighted by Gasteiger charge is 2.26. The van der Waals surface area contributed by atoms with Gasteiger partial charge in [0.05, 0.1) is 6.61 Å². The number of hydrogen-bond donors (Lipinski definition) is 1. The zero-order valence-corrected chi connectivity index (χ0v) is 11.3. The van der Waals surface area contributed by atoms with E-state index in [9.17, 15) is 5.11 Å². The van der Waals surface area contributed by atoms with E-state index >= 15 is 0 Å². The van der Waals surface area contributed by atoms with Crippen LogP contribution in [0.15, 0.2) is 24.3 Å².